The first-order valence-corrected chi connectivity index (χ1v) is 18.5. The lowest BCUT2D eigenvalue weighted by atomic mass is 10.0. The second kappa shape index (κ2) is 15.4. The zero-order chi connectivity index (χ0) is 38.9. The first kappa shape index (κ1) is 38.1. The summed E-state index contributed by atoms with van der Waals surface area (Å²) < 4.78 is 42.5. The Balaban J connectivity index is 1.12. The number of thiazole rings is 1. The number of phenolic OH excluding ortho intramolecular Hbond substituents is 3. The minimum Gasteiger partial charge on any atom is -0.508 e. The quantitative estimate of drug-likeness (QED) is 0.0228. The van der Waals surface area contributed by atoms with Crippen LogP contribution in [0, 0.1) is 0 Å². The van der Waals surface area contributed by atoms with Crippen molar-refractivity contribution in [3.05, 3.63) is 64.3 Å². The molecule has 0 saturated carbocycles. The highest BCUT2D eigenvalue weighted by Gasteiger charge is 2.54. The number of carboxylic acid groups (broad SMARTS) is 1. The zero-order valence-corrected chi connectivity index (χ0v) is 29.9. The topological polar surface area (TPSA) is 260 Å². The molecule has 4 heterocycles. The number of fused-ring (bicyclic) bond motifs is 1. The van der Waals surface area contributed by atoms with E-state index in [1.54, 1.807) is 0 Å². The number of oxime groups is 1. The first-order chi connectivity index (χ1) is 25.6. The summed E-state index contributed by atoms with van der Waals surface area (Å²) in [7, 11) is 0. The summed E-state index contributed by atoms with van der Waals surface area (Å²) in [6, 6.07) is 5.84. The number of carbonyl (C=O) groups excluding carboxylic acids is 3. The van der Waals surface area contributed by atoms with Gasteiger partial charge in [-0.25, -0.2) is 14.6 Å². The highest BCUT2D eigenvalue weighted by molar-refractivity contribution is 8.01. The number of carboxylic acids is 1. The summed E-state index contributed by atoms with van der Waals surface area (Å²) in [5.41, 5.74) is 6.04. The molecule has 0 aliphatic carbocycles. The number of anilines is 1. The number of nitrogens with one attached hydrogen (secondary N) is 1. The third-order valence-corrected chi connectivity index (χ3v) is 11.5. The second-order valence-corrected chi connectivity index (χ2v) is 15.2. The maximum atomic E-state index is 13.4. The molecule has 24 heteroatoms. The maximum absolute atomic E-state index is 13.4. The van der Waals surface area contributed by atoms with E-state index >= 15 is 0 Å². The number of nitrogens with two attached hydrogens (primary N) is 1. The van der Waals surface area contributed by atoms with E-state index in [4.69, 9.17) is 10.6 Å². The number of aliphatic carboxylic acids is 1. The van der Waals surface area contributed by atoms with Gasteiger partial charge in [0.05, 0.1) is 0 Å². The largest absolute Gasteiger partial charge is 0.508 e. The van der Waals surface area contributed by atoms with E-state index in [0.29, 0.717) is 15.5 Å². The zero-order valence-electron chi connectivity index (χ0n) is 26.6. The van der Waals surface area contributed by atoms with Gasteiger partial charge in [0.15, 0.2) is 26.7 Å². The third kappa shape index (κ3) is 8.30. The number of thioether (sulfide) groups is 2. The first-order valence-electron chi connectivity index (χ1n) is 14.8. The Bertz CT molecular complexity index is 2230. The van der Waals surface area contributed by atoms with Crippen molar-refractivity contribution in [3.63, 3.8) is 0 Å². The number of carbonyl (C=O) groups is 4. The van der Waals surface area contributed by atoms with E-state index in [0.717, 1.165) is 51.5 Å². The van der Waals surface area contributed by atoms with Crippen LogP contribution in [0.5, 0.6) is 23.0 Å². The number of aromatic nitrogens is 3. The molecule has 0 radical (unpaired) electrons. The highest BCUT2D eigenvalue weighted by Crippen LogP contribution is 2.42. The van der Waals surface area contributed by atoms with Crippen LogP contribution in [0.4, 0.5) is 18.3 Å². The van der Waals surface area contributed by atoms with Gasteiger partial charge in [-0.2, -0.15) is 13.2 Å². The van der Waals surface area contributed by atoms with Gasteiger partial charge in [0.2, 0.25) is 0 Å². The van der Waals surface area contributed by atoms with Crippen LogP contribution in [0.3, 0.4) is 0 Å². The predicted molar refractivity (Wildman–Crippen MR) is 187 cm³/mol. The molecule has 0 bridgehead atoms. The normalized spacial score (nSPS) is 17.1. The Kier molecular flexibility index (Phi) is 10.9. The van der Waals surface area contributed by atoms with Crippen molar-refractivity contribution < 1.29 is 62.3 Å². The predicted octanol–water partition coefficient (Wildman–Crippen LogP) is 3.28. The van der Waals surface area contributed by atoms with Crippen LogP contribution in [0.1, 0.15) is 11.3 Å². The number of rotatable bonds is 12. The molecule has 2 aliphatic heterocycles. The number of esters is 1. The molecule has 2 amide bonds. The van der Waals surface area contributed by atoms with Gasteiger partial charge in [-0.05, 0) is 35.4 Å². The molecule has 7 N–H and O–H groups in total. The van der Waals surface area contributed by atoms with Crippen molar-refractivity contribution in [1.82, 2.24) is 25.4 Å². The number of hydrogen-bond donors (Lipinski definition) is 6. The Morgan fingerprint density at radius 3 is 2.57 bits per heavy atom. The molecule has 0 spiro atoms. The van der Waals surface area contributed by atoms with Crippen LogP contribution in [0.2, 0.25) is 0 Å². The number of nitrogen functional groups attached to an aromatic ring is 1. The van der Waals surface area contributed by atoms with Crippen LogP contribution in [-0.4, -0.2) is 99.1 Å². The maximum Gasteiger partial charge on any atom is 0.491 e. The number of hydrogen-bond acceptors (Lipinski definition) is 18. The summed E-state index contributed by atoms with van der Waals surface area (Å²) in [5, 5.41) is 54.6. The minimum absolute atomic E-state index is 0.0446. The SMILES string of the molecule is Nc1nc(C(=NOCc2ccc(O)c(O)c2)C(=O)N[C@@H]2C(=O)N3C(C(=O)O)=C(CSc4nnc(-c5cc(O)cc(OC(=O)C(F)(F)F)c5)s4)CS[C@@H]23)cs1. The van der Waals surface area contributed by atoms with Crippen molar-refractivity contribution in [2.24, 2.45) is 5.16 Å². The highest BCUT2D eigenvalue weighted by atomic mass is 32.2. The lowest BCUT2D eigenvalue weighted by molar-refractivity contribution is -0.189. The molecule has 2 aromatic heterocycles. The van der Waals surface area contributed by atoms with E-state index in [1.807, 2.05) is 0 Å². The van der Waals surface area contributed by atoms with Crippen LogP contribution in [-0.2, 0) is 30.6 Å². The van der Waals surface area contributed by atoms with Crippen LogP contribution in [0.15, 0.2) is 62.5 Å². The third-order valence-electron chi connectivity index (χ3n) is 7.30. The molecule has 4 aromatic rings. The van der Waals surface area contributed by atoms with E-state index < -0.39 is 58.6 Å². The van der Waals surface area contributed by atoms with E-state index in [2.05, 4.69) is 30.4 Å². The summed E-state index contributed by atoms with van der Waals surface area (Å²) in [6.45, 7) is -0.218. The number of halogens is 3. The molecular formula is C30H22F3N7O10S4. The Morgan fingerprint density at radius 1 is 1.11 bits per heavy atom. The molecule has 17 nitrogen and oxygen atoms in total. The number of phenols is 3. The standard InChI is InChI=1S/C30H22F3N7O10S4/c31-30(32,33)27(48)50-15-5-12(4-14(41)6-15)23-37-38-29(54-23)53-9-13-8-51-25-20(24(45)40(25)21(13)26(46)47)36-22(44)19(16-10-52-28(34)35-16)39-49-7-11-1-2-17(42)18(43)3-11/h1-6,10,20,25,41-43H,7-9H2,(H2,34,35)(H,36,44)(H,46,47)/t20-,25+/m1/s1. The van der Waals surface area contributed by atoms with Crippen molar-refractivity contribution in [1.29, 1.82) is 0 Å². The van der Waals surface area contributed by atoms with Crippen LogP contribution < -0.4 is 15.8 Å². The van der Waals surface area contributed by atoms with Gasteiger partial charge in [0, 0.05) is 28.5 Å². The Morgan fingerprint density at radius 2 is 1.89 bits per heavy atom. The van der Waals surface area contributed by atoms with Crippen molar-refractivity contribution in [2.75, 3.05) is 17.2 Å². The van der Waals surface area contributed by atoms with Crippen molar-refractivity contribution in [2.45, 2.75) is 28.5 Å². The molecular weight excluding hydrogens is 804 g/mol. The lowest BCUT2D eigenvalue weighted by Gasteiger charge is -2.49. The van der Waals surface area contributed by atoms with E-state index in [-0.39, 0.29) is 56.7 Å². The average Bonchev–Trinajstić information content (AvgIpc) is 3.77. The van der Waals surface area contributed by atoms with E-state index in [9.17, 15) is 52.8 Å². The summed E-state index contributed by atoms with van der Waals surface area (Å²) in [4.78, 5) is 60.8. The number of benzene rings is 2. The molecule has 1 saturated heterocycles. The van der Waals surface area contributed by atoms with Gasteiger partial charge in [-0.1, -0.05) is 34.3 Å². The molecule has 2 atom stereocenters. The van der Waals surface area contributed by atoms with Gasteiger partial charge >= 0.3 is 18.1 Å². The summed E-state index contributed by atoms with van der Waals surface area (Å²) in [6.07, 6.45) is -5.26. The Hall–Kier alpha value is -5.59. The fraction of sp³-hybridized carbons (Fsp3) is 0.200. The Labute approximate surface area is 316 Å². The summed E-state index contributed by atoms with van der Waals surface area (Å²) >= 11 is 4.25. The molecule has 2 aliphatic rings. The number of amides is 2. The van der Waals surface area contributed by atoms with Gasteiger partial charge in [0.25, 0.3) is 11.8 Å². The summed E-state index contributed by atoms with van der Waals surface area (Å²) in [5.74, 6) is -7.06. The molecule has 54 heavy (non-hydrogen) atoms. The lowest BCUT2D eigenvalue weighted by Crippen LogP contribution is -2.71. The van der Waals surface area contributed by atoms with Crippen molar-refractivity contribution in [3.8, 4) is 33.6 Å². The van der Waals surface area contributed by atoms with Gasteiger partial charge < -0.3 is 41.1 Å². The van der Waals surface area contributed by atoms with E-state index in [1.165, 1.54) is 41.4 Å². The second-order valence-electron chi connectivity index (χ2n) is 11.0. The van der Waals surface area contributed by atoms with Gasteiger partial charge in [-0.3, -0.25) is 14.5 Å². The van der Waals surface area contributed by atoms with Gasteiger partial charge in [0.1, 0.15) is 45.9 Å². The number of β-lactam (4-membered cyclic amide) rings is 1. The fourth-order valence-corrected chi connectivity index (χ4v) is 8.77. The molecule has 2 aromatic carbocycles. The molecule has 1 fully saturated rings. The number of aromatic hydroxyl groups is 3. The minimum atomic E-state index is -5.26. The molecule has 282 valence electrons. The monoisotopic (exact) mass is 825 g/mol. The number of ether oxygens (including phenoxy) is 1. The fourth-order valence-electron chi connectivity index (χ4n) is 4.90. The molecule has 6 rings (SSSR count). The number of nitrogens with zero attached hydrogens (tertiary/aromatic N) is 5. The van der Waals surface area contributed by atoms with Gasteiger partial charge in [-0.15, -0.1) is 33.3 Å². The van der Waals surface area contributed by atoms with Crippen LogP contribution >= 0.6 is 46.2 Å². The molecule has 0 unspecified atom stereocenters. The smallest absolute Gasteiger partial charge is 0.491 e. The van der Waals surface area contributed by atoms with Crippen LogP contribution in [0.25, 0.3) is 10.6 Å². The van der Waals surface area contributed by atoms with Crippen molar-refractivity contribution >= 4 is 80.8 Å². The number of alkyl halides is 3. The average molecular weight is 826 g/mol.